The van der Waals surface area contributed by atoms with Crippen LogP contribution in [0.2, 0.25) is 0 Å². The van der Waals surface area contributed by atoms with E-state index in [0.717, 1.165) is 0 Å². The summed E-state index contributed by atoms with van der Waals surface area (Å²) in [5.74, 6) is 0. The zero-order chi connectivity index (χ0) is 6.57. The Morgan fingerprint density at radius 2 is 2.12 bits per heavy atom. The van der Waals surface area contributed by atoms with Gasteiger partial charge in [0.2, 0.25) is 0 Å². The summed E-state index contributed by atoms with van der Waals surface area (Å²) in [7, 11) is 0. The molecule has 49 valence electrons. The molecule has 8 heavy (non-hydrogen) atoms. The van der Waals surface area contributed by atoms with Gasteiger partial charge < -0.3 is 10.2 Å². The smallest absolute Gasteiger partial charge is 0.0781 e. The highest BCUT2D eigenvalue weighted by Crippen LogP contribution is 2.01. The first kappa shape index (κ1) is 8.27. The molecule has 0 bridgehead atoms. The molecule has 0 saturated heterocycles. The van der Waals surface area contributed by atoms with Crippen molar-refractivity contribution >= 4 is 12.6 Å². The van der Waals surface area contributed by atoms with Crippen molar-refractivity contribution in [2.75, 3.05) is 6.61 Å². The molecule has 0 aliphatic heterocycles. The fourth-order valence-corrected chi connectivity index (χ4v) is 0.632. The van der Waals surface area contributed by atoms with E-state index in [1.165, 1.54) is 0 Å². The minimum atomic E-state index is -0.657. The molecule has 0 fully saturated rings. The van der Waals surface area contributed by atoms with Crippen molar-refractivity contribution in [2.24, 2.45) is 0 Å². The van der Waals surface area contributed by atoms with Crippen LogP contribution in [0.15, 0.2) is 0 Å². The number of rotatable bonds is 3. The predicted octanol–water partition coefficient (Wildman–Crippen LogP) is -0.138. The summed E-state index contributed by atoms with van der Waals surface area (Å²) in [5, 5.41) is 16.9. The summed E-state index contributed by atoms with van der Waals surface area (Å²) in [5.41, 5.74) is 0. The standard InChI is InChI=1S/C5H11O2S/c1-4(8)2-5(7)3-6/h4-8H,1-3H2. The molecular formula is C5H11O2S. The average molecular weight is 135 g/mol. The Morgan fingerprint density at radius 1 is 1.62 bits per heavy atom. The van der Waals surface area contributed by atoms with Crippen molar-refractivity contribution in [3.63, 3.8) is 0 Å². The van der Waals surface area contributed by atoms with Gasteiger partial charge in [-0.1, -0.05) is 0 Å². The lowest BCUT2D eigenvalue weighted by atomic mass is 10.2. The second-order valence-electron chi connectivity index (χ2n) is 1.73. The molecule has 0 rings (SSSR count). The van der Waals surface area contributed by atoms with Gasteiger partial charge in [-0.15, -0.1) is 0 Å². The average Bonchev–Trinajstić information content (AvgIpc) is 1.65. The van der Waals surface area contributed by atoms with Gasteiger partial charge in [0, 0.05) is 5.25 Å². The van der Waals surface area contributed by atoms with Gasteiger partial charge in [0.25, 0.3) is 0 Å². The number of thiol groups is 1. The van der Waals surface area contributed by atoms with E-state index in [1.807, 2.05) is 0 Å². The van der Waals surface area contributed by atoms with Crippen LogP contribution in [0.4, 0.5) is 0 Å². The van der Waals surface area contributed by atoms with E-state index in [4.69, 9.17) is 10.2 Å². The lowest BCUT2D eigenvalue weighted by Crippen LogP contribution is -2.15. The summed E-state index contributed by atoms with van der Waals surface area (Å²) in [6.07, 6.45) is -0.213. The molecule has 2 unspecified atom stereocenters. The molecule has 0 amide bonds. The monoisotopic (exact) mass is 135 g/mol. The lowest BCUT2D eigenvalue weighted by Gasteiger charge is -2.07. The largest absolute Gasteiger partial charge is 0.394 e. The molecule has 0 aliphatic carbocycles. The van der Waals surface area contributed by atoms with E-state index in [1.54, 1.807) is 0 Å². The molecule has 1 radical (unpaired) electrons. The van der Waals surface area contributed by atoms with Crippen molar-refractivity contribution in [2.45, 2.75) is 17.8 Å². The maximum atomic E-state index is 8.69. The summed E-state index contributed by atoms with van der Waals surface area (Å²) in [4.78, 5) is 0. The second kappa shape index (κ2) is 4.18. The van der Waals surface area contributed by atoms with E-state index in [-0.39, 0.29) is 11.9 Å². The van der Waals surface area contributed by atoms with E-state index >= 15 is 0 Å². The normalized spacial score (nSPS) is 18.0. The second-order valence-corrected chi connectivity index (χ2v) is 2.46. The summed E-state index contributed by atoms with van der Waals surface area (Å²) in [6.45, 7) is 3.32. The molecule has 2 atom stereocenters. The van der Waals surface area contributed by atoms with Crippen molar-refractivity contribution in [3.05, 3.63) is 6.92 Å². The molecular weight excluding hydrogens is 124 g/mol. The molecule has 0 aromatic heterocycles. The Balaban J connectivity index is 3.10. The Morgan fingerprint density at radius 3 is 2.25 bits per heavy atom. The highest BCUT2D eigenvalue weighted by Gasteiger charge is 2.03. The zero-order valence-corrected chi connectivity index (χ0v) is 5.51. The number of hydrogen-bond acceptors (Lipinski definition) is 3. The van der Waals surface area contributed by atoms with Gasteiger partial charge in [0.1, 0.15) is 0 Å². The quantitative estimate of drug-likeness (QED) is 0.471. The first-order valence-corrected chi connectivity index (χ1v) is 2.98. The van der Waals surface area contributed by atoms with Crippen LogP contribution in [0.5, 0.6) is 0 Å². The van der Waals surface area contributed by atoms with Gasteiger partial charge in [-0.3, -0.25) is 0 Å². The third-order valence-corrected chi connectivity index (χ3v) is 0.966. The molecule has 0 heterocycles. The van der Waals surface area contributed by atoms with Gasteiger partial charge in [-0.2, -0.15) is 12.6 Å². The molecule has 2 nitrogen and oxygen atoms in total. The number of hydrogen-bond donors (Lipinski definition) is 3. The first-order valence-electron chi connectivity index (χ1n) is 2.47. The van der Waals surface area contributed by atoms with Crippen LogP contribution in [-0.2, 0) is 0 Å². The van der Waals surface area contributed by atoms with Crippen LogP contribution in [0.25, 0.3) is 0 Å². The Kier molecular flexibility index (Phi) is 4.32. The number of aliphatic hydroxyl groups excluding tert-OH is 2. The minimum Gasteiger partial charge on any atom is -0.394 e. The SMILES string of the molecule is [CH2]C(S)CC(O)CO. The van der Waals surface area contributed by atoms with Crippen molar-refractivity contribution < 1.29 is 10.2 Å². The summed E-state index contributed by atoms with van der Waals surface area (Å²) >= 11 is 3.91. The Bertz CT molecular complexity index is 56.4. The van der Waals surface area contributed by atoms with Gasteiger partial charge >= 0.3 is 0 Å². The van der Waals surface area contributed by atoms with E-state index in [9.17, 15) is 0 Å². The molecule has 3 heteroatoms. The highest BCUT2D eigenvalue weighted by molar-refractivity contribution is 7.81. The molecule has 0 aromatic rings. The van der Waals surface area contributed by atoms with Crippen molar-refractivity contribution in [1.29, 1.82) is 0 Å². The van der Waals surface area contributed by atoms with Crippen molar-refractivity contribution in [3.8, 4) is 0 Å². The third-order valence-electron chi connectivity index (χ3n) is 0.755. The maximum Gasteiger partial charge on any atom is 0.0781 e. The molecule has 2 N–H and O–H groups in total. The van der Waals surface area contributed by atoms with Gasteiger partial charge in [-0.25, -0.2) is 0 Å². The van der Waals surface area contributed by atoms with E-state index in [2.05, 4.69) is 19.6 Å². The van der Waals surface area contributed by atoms with E-state index < -0.39 is 6.10 Å². The molecule has 0 aromatic carbocycles. The Hall–Kier alpha value is 0.270. The highest BCUT2D eigenvalue weighted by atomic mass is 32.1. The lowest BCUT2D eigenvalue weighted by molar-refractivity contribution is 0.0901. The van der Waals surface area contributed by atoms with Gasteiger partial charge in [0.05, 0.1) is 12.7 Å². The first-order chi connectivity index (χ1) is 3.66. The van der Waals surface area contributed by atoms with Crippen LogP contribution in [-0.4, -0.2) is 28.2 Å². The third kappa shape index (κ3) is 4.43. The topological polar surface area (TPSA) is 40.5 Å². The molecule has 0 aliphatic rings. The van der Waals surface area contributed by atoms with Gasteiger partial charge in [0.15, 0.2) is 0 Å². The van der Waals surface area contributed by atoms with Gasteiger partial charge in [-0.05, 0) is 13.3 Å². The van der Waals surface area contributed by atoms with Crippen LogP contribution in [0.1, 0.15) is 6.42 Å². The van der Waals surface area contributed by atoms with Crippen molar-refractivity contribution in [1.82, 2.24) is 0 Å². The summed E-state index contributed by atoms with van der Waals surface area (Å²) < 4.78 is 0. The maximum absolute atomic E-state index is 8.69. The fraction of sp³-hybridized carbons (Fsp3) is 0.800. The number of aliphatic hydroxyl groups is 2. The van der Waals surface area contributed by atoms with Crippen LogP contribution < -0.4 is 0 Å². The minimum absolute atomic E-state index is 0.0860. The van der Waals surface area contributed by atoms with E-state index in [0.29, 0.717) is 6.42 Å². The zero-order valence-electron chi connectivity index (χ0n) is 4.62. The predicted molar refractivity (Wildman–Crippen MR) is 35.8 cm³/mol. The Labute approximate surface area is 54.9 Å². The molecule has 0 spiro atoms. The van der Waals surface area contributed by atoms with Crippen LogP contribution in [0.3, 0.4) is 0 Å². The fourth-order valence-electron chi connectivity index (χ4n) is 0.389. The summed E-state index contributed by atoms with van der Waals surface area (Å²) in [6, 6.07) is 0. The van der Waals surface area contributed by atoms with Crippen LogP contribution in [0, 0.1) is 6.92 Å². The molecule has 0 saturated carbocycles. The van der Waals surface area contributed by atoms with Crippen LogP contribution >= 0.6 is 12.6 Å².